The van der Waals surface area contributed by atoms with Gasteiger partial charge in [-0.1, -0.05) is 0 Å². The standard InChI is InChI=1S/C15H14FN5O3/c1-8-4-5-17-15-19-13(20-21(8)15)14(22)18-10-7-12(24-3)11(23-2)6-9(10)16/h4-7H,1-3H3,(H,18,22). The van der Waals surface area contributed by atoms with E-state index in [0.717, 1.165) is 11.8 Å². The highest BCUT2D eigenvalue weighted by atomic mass is 19.1. The van der Waals surface area contributed by atoms with Gasteiger partial charge in [-0.15, -0.1) is 5.10 Å². The Morgan fingerprint density at radius 3 is 2.62 bits per heavy atom. The average Bonchev–Trinajstić information content (AvgIpc) is 3.02. The summed E-state index contributed by atoms with van der Waals surface area (Å²) in [6.45, 7) is 1.80. The zero-order valence-corrected chi connectivity index (χ0v) is 13.2. The zero-order valence-electron chi connectivity index (χ0n) is 13.2. The van der Waals surface area contributed by atoms with Gasteiger partial charge in [0.1, 0.15) is 0 Å². The molecular weight excluding hydrogens is 317 g/mol. The molecule has 1 N–H and O–H groups in total. The van der Waals surface area contributed by atoms with Crippen molar-refractivity contribution in [1.29, 1.82) is 0 Å². The molecule has 1 amide bonds. The number of hydrogen-bond donors (Lipinski definition) is 1. The Hall–Kier alpha value is -3.23. The van der Waals surface area contributed by atoms with Crippen molar-refractivity contribution in [2.24, 2.45) is 0 Å². The number of benzene rings is 1. The molecule has 0 atom stereocenters. The van der Waals surface area contributed by atoms with Crippen LogP contribution in [0.25, 0.3) is 5.78 Å². The second-order valence-electron chi connectivity index (χ2n) is 4.87. The summed E-state index contributed by atoms with van der Waals surface area (Å²) < 4.78 is 25.6. The van der Waals surface area contributed by atoms with Gasteiger partial charge in [-0.25, -0.2) is 13.9 Å². The van der Waals surface area contributed by atoms with E-state index in [-0.39, 0.29) is 28.8 Å². The molecule has 0 aliphatic carbocycles. The molecule has 8 nitrogen and oxygen atoms in total. The van der Waals surface area contributed by atoms with E-state index >= 15 is 0 Å². The third kappa shape index (κ3) is 2.71. The predicted octanol–water partition coefficient (Wildman–Crippen LogP) is 1.84. The second-order valence-corrected chi connectivity index (χ2v) is 4.87. The second kappa shape index (κ2) is 6.11. The topological polar surface area (TPSA) is 90.6 Å². The number of nitrogens with zero attached hydrogens (tertiary/aromatic N) is 4. The molecule has 1 aromatic carbocycles. The van der Waals surface area contributed by atoms with Gasteiger partial charge in [0.15, 0.2) is 17.3 Å². The summed E-state index contributed by atoms with van der Waals surface area (Å²) in [5.74, 6) is -0.655. The van der Waals surface area contributed by atoms with Gasteiger partial charge >= 0.3 is 0 Å². The van der Waals surface area contributed by atoms with Crippen molar-refractivity contribution in [2.75, 3.05) is 19.5 Å². The maximum Gasteiger partial charge on any atom is 0.295 e. The molecule has 0 saturated heterocycles. The Bertz CT molecular complexity index is 925. The number of fused-ring (bicyclic) bond motifs is 1. The van der Waals surface area contributed by atoms with Crippen LogP contribution in [0, 0.1) is 12.7 Å². The molecule has 0 radical (unpaired) electrons. The first-order valence-corrected chi connectivity index (χ1v) is 6.94. The lowest BCUT2D eigenvalue weighted by atomic mass is 10.2. The summed E-state index contributed by atoms with van der Waals surface area (Å²) in [7, 11) is 2.81. The first kappa shape index (κ1) is 15.7. The van der Waals surface area contributed by atoms with E-state index in [4.69, 9.17) is 9.47 Å². The zero-order chi connectivity index (χ0) is 17.3. The van der Waals surface area contributed by atoms with E-state index in [1.807, 2.05) is 0 Å². The van der Waals surface area contributed by atoms with E-state index in [1.54, 1.807) is 19.2 Å². The highest BCUT2D eigenvalue weighted by Crippen LogP contribution is 2.32. The molecule has 124 valence electrons. The fraction of sp³-hybridized carbons (Fsp3) is 0.200. The summed E-state index contributed by atoms with van der Waals surface area (Å²) in [5.41, 5.74) is 0.699. The molecule has 24 heavy (non-hydrogen) atoms. The number of amides is 1. The number of aromatic nitrogens is 4. The Kier molecular flexibility index (Phi) is 3.98. The fourth-order valence-corrected chi connectivity index (χ4v) is 2.13. The molecule has 0 aliphatic heterocycles. The van der Waals surface area contributed by atoms with Gasteiger partial charge in [0, 0.05) is 24.0 Å². The number of halogens is 1. The largest absolute Gasteiger partial charge is 0.493 e. The van der Waals surface area contributed by atoms with Gasteiger partial charge in [-0.2, -0.15) is 4.98 Å². The highest BCUT2D eigenvalue weighted by Gasteiger charge is 2.18. The molecule has 0 aliphatic rings. The number of hydrogen-bond acceptors (Lipinski definition) is 6. The minimum absolute atomic E-state index is 0.0683. The van der Waals surface area contributed by atoms with Crippen LogP contribution in [-0.4, -0.2) is 39.7 Å². The SMILES string of the molecule is COc1cc(F)c(NC(=O)c2nc3nccc(C)n3n2)cc1OC. The Morgan fingerprint density at radius 1 is 1.25 bits per heavy atom. The van der Waals surface area contributed by atoms with Crippen LogP contribution >= 0.6 is 0 Å². The lowest BCUT2D eigenvalue weighted by Crippen LogP contribution is -2.15. The first-order chi connectivity index (χ1) is 11.5. The van der Waals surface area contributed by atoms with Crippen molar-refractivity contribution >= 4 is 17.4 Å². The number of carbonyl (C=O) groups is 1. The Labute approximate surface area is 136 Å². The quantitative estimate of drug-likeness (QED) is 0.784. The first-order valence-electron chi connectivity index (χ1n) is 6.94. The maximum atomic E-state index is 14.1. The van der Waals surface area contributed by atoms with Crippen molar-refractivity contribution in [3.05, 3.63) is 41.7 Å². The lowest BCUT2D eigenvalue weighted by molar-refractivity contribution is 0.101. The number of aryl methyl sites for hydroxylation is 1. The summed E-state index contributed by atoms with van der Waals surface area (Å²) in [5, 5.41) is 6.48. The lowest BCUT2D eigenvalue weighted by Gasteiger charge is -2.11. The normalized spacial score (nSPS) is 10.7. The summed E-state index contributed by atoms with van der Waals surface area (Å²) >= 11 is 0. The monoisotopic (exact) mass is 331 g/mol. The molecule has 0 unspecified atom stereocenters. The minimum Gasteiger partial charge on any atom is -0.493 e. The number of ether oxygens (including phenoxy) is 2. The predicted molar refractivity (Wildman–Crippen MR) is 83.0 cm³/mol. The summed E-state index contributed by atoms with van der Waals surface area (Å²) in [6.07, 6.45) is 1.56. The molecule has 0 fully saturated rings. The van der Waals surface area contributed by atoms with E-state index in [2.05, 4.69) is 20.4 Å². The fourth-order valence-electron chi connectivity index (χ4n) is 2.13. The molecule has 0 spiro atoms. The smallest absolute Gasteiger partial charge is 0.295 e. The van der Waals surface area contributed by atoms with Crippen LogP contribution in [0.15, 0.2) is 24.4 Å². The molecule has 9 heteroatoms. The van der Waals surface area contributed by atoms with Gasteiger partial charge < -0.3 is 14.8 Å². The maximum absolute atomic E-state index is 14.1. The van der Waals surface area contributed by atoms with E-state index in [1.165, 1.54) is 24.8 Å². The highest BCUT2D eigenvalue weighted by molar-refractivity contribution is 6.02. The van der Waals surface area contributed by atoms with Crippen LogP contribution in [0.3, 0.4) is 0 Å². The van der Waals surface area contributed by atoms with Crippen molar-refractivity contribution in [2.45, 2.75) is 6.92 Å². The van der Waals surface area contributed by atoms with Crippen LogP contribution in [0.5, 0.6) is 11.5 Å². The van der Waals surface area contributed by atoms with E-state index < -0.39 is 11.7 Å². The van der Waals surface area contributed by atoms with Crippen molar-refractivity contribution in [1.82, 2.24) is 19.6 Å². The minimum atomic E-state index is -0.668. The summed E-state index contributed by atoms with van der Waals surface area (Å²) in [6, 6.07) is 4.18. The molecule has 0 bridgehead atoms. The Balaban J connectivity index is 1.92. The van der Waals surface area contributed by atoms with E-state index in [0.29, 0.717) is 0 Å². The number of rotatable bonds is 4. The third-order valence-electron chi connectivity index (χ3n) is 3.35. The van der Waals surface area contributed by atoms with Crippen LogP contribution < -0.4 is 14.8 Å². The number of nitrogens with one attached hydrogen (secondary N) is 1. The number of methoxy groups -OCH3 is 2. The molecule has 3 aromatic rings. The third-order valence-corrected chi connectivity index (χ3v) is 3.35. The van der Waals surface area contributed by atoms with Crippen LogP contribution in [0.4, 0.5) is 10.1 Å². The molecule has 3 rings (SSSR count). The molecular formula is C15H14FN5O3. The molecule has 2 aromatic heterocycles. The average molecular weight is 331 g/mol. The molecule has 0 saturated carbocycles. The number of anilines is 1. The van der Waals surface area contributed by atoms with Gasteiger partial charge in [0.05, 0.1) is 19.9 Å². The number of carbonyl (C=O) groups excluding carboxylic acids is 1. The van der Waals surface area contributed by atoms with Crippen LogP contribution in [0.1, 0.15) is 16.3 Å². The van der Waals surface area contributed by atoms with Gasteiger partial charge in [-0.05, 0) is 13.0 Å². The van der Waals surface area contributed by atoms with Gasteiger partial charge in [-0.3, -0.25) is 4.79 Å². The summed E-state index contributed by atoms with van der Waals surface area (Å²) in [4.78, 5) is 20.3. The van der Waals surface area contributed by atoms with Crippen molar-refractivity contribution in [3.8, 4) is 11.5 Å². The van der Waals surface area contributed by atoms with Crippen molar-refractivity contribution < 1.29 is 18.7 Å². The Morgan fingerprint density at radius 2 is 1.96 bits per heavy atom. The van der Waals surface area contributed by atoms with Crippen LogP contribution in [0.2, 0.25) is 0 Å². The van der Waals surface area contributed by atoms with E-state index in [9.17, 15) is 9.18 Å². The van der Waals surface area contributed by atoms with Gasteiger partial charge in [0.25, 0.3) is 11.7 Å². The van der Waals surface area contributed by atoms with Crippen molar-refractivity contribution in [3.63, 3.8) is 0 Å². The molecule has 2 heterocycles. The van der Waals surface area contributed by atoms with Gasteiger partial charge in [0.2, 0.25) is 5.82 Å². The van der Waals surface area contributed by atoms with Crippen LogP contribution in [-0.2, 0) is 0 Å².